The van der Waals surface area contributed by atoms with Crippen molar-refractivity contribution in [3.05, 3.63) is 64.4 Å². The molecule has 3 fully saturated rings. The Kier molecular flexibility index (Phi) is 4.55. The number of allylic oxidation sites excluding steroid dienone is 2. The van der Waals surface area contributed by atoms with Crippen LogP contribution in [0.3, 0.4) is 0 Å². The summed E-state index contributed by atoms with van der Waals surface area (Å²) in [7, 11) is 0. The number of nitrogens with zero attached hydrogens (tertiary/aromatic N) is 5. The molecule has 2 aromatic rings. The van der Waals surface area contributed by atoms with Gasteiger partial charge in [-0.25, -0.2) is 17.6 Å². The summed E-state index contributed by atoms with van der Waals surface area (Å²) in [5.74, 6) is -2.13. The van der Waals surface area contributed by atoms with E-state index < -0.39 is 29.8 Å². The van der Waals surface area contributed by atoms with Gasteiger partial charge in [0, 0.05) is 49.3 Å². The van der Waals surface area contributed by atoms with Crippen molar-refractivity contribution >= 4 is 11.6 Å². The van der Waals surface area contributed by atoms with Crippen LogP contribution in [-0.2, 0) is 13.1 Å². The first-order valence-corrected chi connectivity index (χ1v) is 12.2. The number of rotatable bonds is 3. The third kappa shape index (κ3) is 3.44. The van der Waals surface area contributed by atoms with Gasteiger partial charge in [-0.15, -0.1) is 10.2 Å². The lowest BCUT2D eigenvalue weighted by Crippen LogP contribution is -2.66. The number of nitrogens with one attached hydrogen (secondary N) is 1. The summed E-state index contributed by atoms with van der Waals surface area (Å²) in [4.78, 5) is 3.75. The lowest BCUT2D eigenvalue weighted by molar-refractivity contribution is -0.0966. The number of dihydropyridines is 1. The molecule has 2 aliphatic carbocycles. The van der Waals surface area contributed by atoms with Gasteiger partial charge in [-0.2, -0.15) is 0 Å². The third-order valence-corrected chi connectivity index (χ3v) is 8.31. The molecule has 4 heterocycles. The molecule has 0 radical (unpaired) electrons. The minimum Gasteiger partial charge on any atom is -0.368 e. The van der Waals surface area contributed by atoms with Crippen LogP contribution >= 0.6 is 11.6 Å². The first-order chi connectivity index (χ1) is 16.7. The molecule has 1 aromatic heterocycles. The molecule has 2 atom stereocenters. The predicted molar refractivity (Wildman–Crippen MR) is 120 cm³/mol. The lowest BCUT2D eigenvalue weighted by atomic mass is 9.57. The van der Waals surface area contributed by atoms with E-state index in [0.717, 1.165) is 49.1 Å². The van der Waals surface area contributed by atoms with Gasteiger partial charge in [-0.1, -0.05) is 11.6 Å². The number of hydrogen-bond donors (Lipinski definition) is 1. The van der Waals surface area contributed by atoms with Crippen molar-refractivity contribution < 1.29 is 17.6 Å². The van der Waals surface area contributed by atoms with Crippen LogP contribution in [0.5, 0.6) is 0 Å². The molecule has 6 nitrogen and oxygen atoms in total. The molecule has 184 valence electrons. The topological polar surface area (TPSA) is 49.2 Å². The molecule has 1 spiro atoms. The molecule has 1 saturated heterocycles. The zero-order chi connectivity index (χ0) is 24.1. The van der Waals surface area contributed by atoms with Crippen molar-refractivity contribution in [2.75, 3.05) is 13.1 Å². The predicted octanol–water partition coefficient (Wildman–Crippen LogP) is 4.42. The summed E-state index contributed by atoms with van der Waals surface area (Å²) in [6, 6.07) is 4.77. The van der Waals surface area contributed by atoms with Crippen molar-refractivity contribution in [3.8, 4) is 5.69 Å². The summed E-state index contributed by atoms with van der Waals surface area (Å²) >= 11 is 6.26. The summed E-state index contributed by atoms with van der Waals surface area (Å²) in [5, 5.41) is 12.3. The van der Waals surface area contributed by atoms with Crippen LogP contribution in [0.2, 0.25) is 5.02 Å². The number of hydrogen-bond acceptors (Lipinski definition) is 5. The average molecular weight is 507 g/mol. The van der Waals surface area contributed by atoms with E-state index in [-0.39, 0.29) is 17.8 Å². The summed E-state index contributed by atoms with van der Waals surface area (Å²) in [5.41, 5.74) is 1.85. The fourth-order valence-corrected chi connectivity index (χ4v) is 6.52. The fraction of sp³-hybridized carbons (Fsp3) is 0.500. The molecule has 3 aliphatic heterocycles. The first-order valence-electron chi connectivity index (χ1n) is 11.8. The van der Waals surface area contributed by atoms with E-state index in [1.807, 2.05) is 21.6 Å². The van der Waals surface area contributed by atoms with Gasteiger partial charge in [0.15, 0.2) is 5.82 Å². The minimum atomic E-state index is -2.67. The molecule has 35 heavy (non-hydrogen) atoms. The van der Waals surface area contributed by atoms with Gasteiger partial charge in [-0.3, -0.25) is 14.4 Å². The highest BCUT2D eigenvalue weighted by molar-refractivity contribution is 6.30. The van der Waals surface area contributed by atoms with Gasteiger partial charge in [-0.05, 0) is 42.0 Å². The molecule has 5 aliphatic rings. The Hall–Kier alpha value is -2.43. The standard InChI is InChI=1S/C24H23ClF4N6/c25-15-1-2-18-13(3-15)9-33(19-7-24(19,28)29)10-20-31-32-21(35(18)20)14-5-23(6-14)11-34(12-23)22-17(27)4-16(26)8-30-22/h1-4,8,14,19,22,30H,5-7,9-12H2. The molecule has 11 heteroatoms. The zero-order valence-corrected chi connectivity index (χ0v) is 19.5. The minimum absolute atomic E-state index is 0.0778. The Labute approximate surface area is 204 Å². The molecule has 1 N–H and O–H groups in total. The zero-order valence-electron chi connectivity index (χ0n) is 18.7. The number of halogens is 5. The van der Waals surface area contributed by atoms with Crippen LogP contribution in [0.1, 0.15) is 42.4 Å². The Morgan fingerprint density at radius 2 is 1.80 bits per heavy atom. The van der Waals surface area contributed by atoms with Crippen LogP contribution in [0, 0.1) is 5.41 Å². The number of benzene rings is 1. The second-order valence-corrected chi connectivity index (χ2v) is 11.0. The van der Waals surface area contributed by atoms with Crippen molar-refractivity contribution in [2.24, 2.45) is 5.41 Å². The molecule has 2 unspecified atom stereocenters. The Morgan fingerprint density at radius 3 is 2.51 bits per heavy atom. The highest BCUT2D eigenvalue weighted by Crippen LogP contribution is 2.57. The van der Waals surface area contributed by atoms with E-state index in [2.05, 4.69) is 15.5 Å². The Balaban J connectivity index is 1.12. The van der Waals surface area contributed by atoms with E-state index in [9.17, 15) is 17.6 Å². The van der Waals surface area contributed by atoms with Crippen molar-refractivity contribution in [3.63, 3.8) is 0 Å². The van der Waals surface area contributed by atoms with E-state index >= 15 is 0 Å². The monoisotopic (exact) mass is 506 g/mol. The summed E-state index contributed by atoms with van der Waals surface area (Å²) < 4.78 is 57.3. The maximum absolute atomic E-state index is 14.2. The maximum Gasteiger partial charge on any atom is 0.265 e. The molecular formula is C24H23ClF4N6. The van der Waals surface area contributed by atoms with Gasteiger partial charge in [0.25, 0.3) is 5.92 Å². The first kappa shape index (κ1) is 21.8. The molecule has 1 aromatic carbocycles. The SMILES string of the molecule is FC1=CNC(N2CC3(CC(c4nnc5n4-c4ccc(Cl)cc4CN(C4CC4(F)F)C5)C3)C2)C(F)=C1. The average Bonchev–Trinajstić information content (AvgIpc) is 3.25. The van der Waals surface area contributed by atoms with Gasteiger partial charge in [0.05, 0.1) is 18.3 Å². The van der Waals surface area contributed by atoms with Gasteiger partial charge < -0.3 is 5.32 Å². The van der Waals surface area contributed by atoms with E-state index in [4.69, 9.17) is 11.6 Å². The fourth-order valence-electron chi connectivity index (χ4n) is 6.32. The number of likely N-dealkylation sites (tertiary alicyclic amines) is 1. The Bertz CT molecular complexity index is 1270. The van der Waals surface area contributed by atoms with Crippen molar-refractivity contribution in [1.29, 1.82) is 0 Å². The summed E-state index contributed by atoms with van der Waals surface area (Å²) in [6.45, 7) is 2.12. The lowest BCUT2D eigenvalue weighted by Gasteiger charge is -2.60. The molecule has 0 amide bonds. The normalized spacial score (nSPS) is 29.2. The smallest absolute Gasteiger partial charge is 0.265 e. The van der Waals surface area contributed by atoms with E-state index in [1.165, 1.54) is 6.20 Å². The quantitative estimate of drug-likeness (QED) is 0.625. The molecule has 0 bridgehead atoms. The molecule has 2 saturated carbocycles. The van der Waals surface area contributed by atoms with E-state index in [0.29, 0.717) is 23.9 Å². The van der Waals surface area contributed by atoms with Crippen LogP contribution in [0.25, 0.3) is 5.69 Å². The second kappa shape index (κ2) is 7.30. The van der Waals surface area contributed by atoms with Crippen LogP contribution in [0.4, 0.5) is 17.6 Å². The third-order valence-electron chi connectivity index (χ3n) is 8.07. The van der Waals surface area contributed by atoms with Gasteiger partial charge in [0.1, 0.15) is 23.6 Å². The second-order valence-electron chi connectivity index (χ2n) is 10.6. The number of alkyl halides is 2. The van der Waals surface area contributed by atoms with Gasteiger partial charge >= 0.3 is 0 Å². The van der Waals surface area contributed by atoms with Gasteiger partial charge in [0.2, 0.25) is 0 Å². The maximum atomic E-state index is 14.2. The Morgan fingerprint density at radius 1 is 1.03 bits per heavy atom. The molecule has 7 rings (SSSR count). The number of aromatic nitrogens is 3. The number of fused-ring (bicyclic) bond motifs is 3. The molecular weight excluding hydrogens is 484 g/mol. The highest BCUT2D eigenvalue weighted by Gasteiger charge is 2.60. The van der Waals surface area contributed by atoms with Crippen molar-refractivity contribution in [2.45, 2.75) is 56.4 Å². The highest BCUT2D eigenvalue weighted by atomic mass is 35.5. The summed E-state index contributed by atoms with van der Waals surface area (Å²) in [6.07, 6.45) is 3.13. The van der Waals surface area contributed by atoms with Crippen molar-refractivity contribution in [1.82, 2.24) is 29.9 Å². The van der Waals surface area contributed by atoms with Crippen LogP contribution in [-0.4, -0.2) is 55.8 Å². The van der Waals surface area contributed by atoms with Crippen LogP contribution in [0.15, 0.2) is 42.1 Å². The van der Waals surface area contributed by atoms with E-state index in [1.54, 1.807) is 11.0 Å². The largest absolute Gasteiger partial charge is 0.368 e. The van der Waals surface area contributed by atoms with Crippen LogP contribution < -0.4 is 5.32 Å².